The topological polar surface area (TPSA) is 29.3 Å². The molecule has 0 aliphatic carbocycles. The molecule has 74 valence electrons. The van der Waals surface area contributed by atoms with E-state index < -0.39 is 0 Å². The third-order valence-electron chi connectivity index (χ3n) is 2.30. The van der Waals surface area contributed by atoms with Crippen molar-refractivity contribution >= 4 is 6.09 Å². The molecule has 1 amide bonds. The first-order valence-corrected chi connectivity index (χ1v) is 4.74. The first-order valence-electron chi connectivity index (χ1n) is 4.74. The van der Waals surface area contributed by atoms with Gasteiger partial charge in [-0.05, 0) is 12.5 Å². The number of hydrogen-bond donors (Lipinski definition) is 0. The van der Waals surface area contributed by atoms with Crippen molar-refractivity contribution in [1.29, 1.82) is 0 Å². The van der Waals surface area contributed by atoms with E-state index in [9.17, 15) is 4.79 Å². The first-order chi connectivity index (χ1) is 6.77. The van der Waals surface area contributed by atoms with Crippen LogP contribution in [0, 0.1) is 0 Å². The smallest absolute Gasteiger partial charge is 0.410 e. The number of benzene rings is 1. The summed E-state index contributed by atoms with van der Waals surface area (Å²) >= 11 is 0. The van der Waals surface area contributed by atoms with E-state index in [2.05, 4.69) is 0 Å². The Labute approximate surface area is 83.3 Å². The summed E-state index contributed by atoms with van der Waals surface area (Å²) in [4.78, 5) is 13.0. The van der Waals surface area contributed by atoms with E-state index >= 15 is 0 Å². The summed E-state index contributed by atoms with van der Waals surface area (Å²) in [6, 6.07) is 10.1. The first kappa shape index (κ1) is 9.06. The lowest BCUT2D eigenvalue weighted by Crippen LogP contribution is -2.14. The lowest BCUT2D eigenvalue weighted by atomic mass is 10.2. The maximum absolute atomic E-state index is 11.3. The minimum atomic E-state index is -0.207. The summed E-state index contributed by atoms with van der Waals surface area (Å²) in [6.45, 7) is 3.19. The van der Waals surface area contributed by atoms with Crippen LogP contribution in [0.1, 0.15) is 12.5 Å². The van der Waals surface area contributed by atoms with E-state index in [0.717, 1.165) is 12.1 Å². The molecule has 1 aromatic carbocycles. The van der Waals surface area contributed by atoms with Gasteiger partial charge in [-0.3, -0.25) is 0 Å². The average Bonchev–Trinajstić information content (AvgIpc) is 2.94. The molecular formula is C11H13NO2. The predicted octanol–water partition coefficient (Wildman–Crippen LogP) is 2.03. The molecular weight excluding hydrogens is 178 g/mol. The fourth-order valence-corrected chi connectivity index (χ4v) is 1.29. The molecule has 0 saturated carbocycles. The van der Waals surface area contributed by atoms with Crippen LogP contribution in [0.5, 0.6) is 0 Å². The molecule has 0 spiro atoms. The second kappa shape index (κ2) is 3.70. The SMILES string of the molecule is C[C@@H]1CN1C(=O)OCc1ccccc1. The van der Waals surface area contributed by atoms with Crippen LogP contribution < -0.4 is 0 Å². The molecule has 0 radical (unpaired) electrons. The van der Waals surface area contributed by atoms with Crippen LogP contribution in [-0.4, -0.2) is 23.6 Å². The van der Waals surface area contributed by atoms with Gasteiger partial charge < -0.3 is 9.64 Å². The molecule has 0 N–H and O–H groups in total. The van der Waals surface area contributed by atoms with Gasteiger partial charge in [-0.2, -0.15) is 0 Å². The van der Waals surface area contributed by atoms with Crippen LogP contribution in [0.2, 0.25) is 0 Å². The standard InChI is InChI=1S/C11H13NO2/c1-9-7-12(9)11(13)14-8-10-5-3-2-4-6-10/h2-6,9H,7-8H2,1H3/t9-,12?/m1/s1. The van der Waals surface area contributed by atoms with Gasteiger partial charge in [0, 0.05) is 6.54 Å². The van der Waals surface area contributed by atoms with E-state index in [1.54, 1.807) is 4.90 Å². The van der Waals surface area contributed by atoms with Gasteiger partial charge in [0.25, 0.3) is 0 Å². The molecule has 1 aliphatic heterocycles. The molecule has 3 heteroatoms. The van der Waals surface area contributed by atoms with Gasteiger partial charge >= 0.3 is 6.09 Å². The fraction of sp³-hybridized carbons (Fsp3) is 0.364. The summed E-state index contributed by atoms with van der Waals surface area (Å²) in [5.41, 5.74) is 1.02. The number of nitrogens with zero attached hydrogens (tertiary/aromatic N) is 1. The molecule has 0 aromatic heterocycles. The largest absolute Gasteiger partial charge is 0.445 e. The highest BCUT2D eigenvalue weighted by Crippen LogP contribution is 2.17. The third kappa shape index (κ3) is 2.05. The molecule has 3 nitrogen and oxygen atoms in total. The van der Waals surface area contributed by atoms with Crippen LogP contribution in [0.4, 0.5) is 4.79 Å². The maximum atomic E-state index is 11.3. The van der Waals surface area contributed by atoms with Crippen LogP contribution in [0.3, 0.4) is 0 Å². The van der Waals surface area contributed by atoms with Gasteiger partial charge in [-0.1, -0.05) is 30.3 Å². The van der Waals surface area contributed by atoms with Crippen LogP contribution >= 0.6 is 0 Å². The van der Waals surface area contributed by atoms with E-state index in [0.29, 0.717) is 12.6 Å². The van der Waals surface area contributed by atoms with Crippen molar-refractivity contribution in [3.8, 4) is 0 Å². The van der Waals surface area contributed by atoms with E-state index in [1.165, 1.54) is 0 Å². The molecule has 1 aliphatic rings. The van der Waals surface area contributed by atoms with Crippen molar-refractivity contribution in [2.75, 3.05) is 6.54 Å². The zero-order valence-corrected chi connectivity index (χ0v) is 8.14. The summed E-state index contributed by atoms with van der Waals surface area (Å²) in [7, 11) is 0. The number of rotatable bonds is 2. The van der Waals surface area contributed by atoms with E-state index in [-0.39, 0.29) is 6.09 Å². The van der Waals surface area contributed by atoms with Gasteiger partial charge in [0.05, 0.1) is 6.04 Å². The molecule has 14 heavy (non-hydrogen) atoms. The summed E-state index contributed by atoms with van der Waals surface area (Å²) in [5.74, 6) is 0. The molecule has 0 bridgehead atoms. The summed E-state index contributed by atoms with van der Waals surface area (Å²) < 4.78 is 5.11. The number of ether oxygens (including phenoxy) is 1. The van der Waals surface area contributed by atoms with Crippen molar-refractivity contribution in [3.63, 3.8) is 0 Å². The Morgan fingerprint density at radius 3 is 2.71 bits per heavy atom. The third-order valence-corrected chi connectivity index (χ3v) is 2.30. The zero-order valence-electron chi connectivity index (χ0n) is 8.14. The quantitative estimate of drug-likeness (QED) is 0.669. The minimum Gasteiger partial charge on any atom is -0.445 e. The highest BCUT2D eigenvalue weighted by molar-refractivity contribution is 5.70. The Kier molecular flexibility index (Phi) is 2.39. The average molecular weight is 191 g/mol. The van der Waals surface area contributed by atoms with Gasteiger partial charge in [-0.15, -0.1) is 0 Å². The zero-order chi connectivity index (χ0) is 9.97. The molecule has 2 rings (SSSR count). The molecule has 1 saturated heterocycles. The Bertz CT molecular complexity index is 323. The number of carbonyl (C=O) groups is 1. The molecule has 0 unspecified atom stereocenters. The Balaban J connectivity index is 1.80. The maximum Gasteiger partial charge on any atom is 0.410 e. The predicted molar refractivity (Wildman–Crippen MR) is 52.8 cm³/mol. The van der Waals surface area contributed by atoms with Crippen molar-refractivity contribution in [1.82, 2.24) is 4.90 Å². The monoisotopic (exact) mass is 191 g/mol. The summed E-state index contributed by atoms with van der Waals surface area (Å²) in [5, 5.41) is 0. The number of amides is 1. The highest BCUT2D eigenvalue weighted by Gasteiger charge is 2.35. The minimum absolute atomic E-state index is 0.207. The second-order valence-corrected chi connectivity index (χ2v) is 3.54. The number of carbonyl (C=O) groups excluding carboxylic acids is 1. The van der Waals surface area contributed by atoms with Crippen LogP contribution in [0.15, 0.2) is 30.3 Å². The lowest BCUT2D eigenvalue weighted by molar-refractivity contribution is 0.122. The van der Waals surface area contributed by atoms with Crippen molar-refractivity contribution < 1.29 is 9.53 Å². The van der Waals surface area contributed by atoms with Crippen molar-refractivity contribution in [2.45, 2.75) is 19.6 Å². The van der Waals surface area contributed by atoms with Crippen molar-refractivity contribution in [2.24, 2.45) is 0 Å². The second-order valence-electron chi connectivity index (χ2n) is 3.54. The Morgan fingerprint density at radius 2 is 2.14 bits per heavy atom. The van der Waals surface area contributed by atoms with Gasteiger partial charge in [-0.25, -0.2) is 4.79 Å². The number of hydrogen-bond acceptors (Lipinski definition) is 2. The van der Waals surface area contributed by atoms with Gasteiger partial charge in [0.15, 0.2) is 0 Å². The lowest BCUT2D eigenvalue weighted by Gasteiger charge is -2.05. The molecule has 1 atom stereocenters. The summed E-state index contributed by atoms with van der Waals surface area (Å²) in [6.07, 6.45) is -0.207. The van der Waals surface area contributed by atoms with Gasteiger partial charge in [0.2, 0.25) is 0 Å². The molecule has 1 fully saturated rings. The Hall–Kier alpha value is -1.51. The van der Waals surface area contributed by atoms with Crippen molar-refractivity contribution in [3.05, 3.63) is 35.9 Å². The fourth-order valence-electron chi connectivity index (χ4n) is 1.29. The molecule has 1 heterocycles. The van der Waals surface area contributed by atoms with Crippen LogP contribution in [-0.2, 0) is 11.3 Å². The van der Waals surface area contributed by atoms with E-state index in [4.69, 9.17) is 4.74 Å². The van der Waals surface area contributed by atoms with Crippen LogP contribution in [0.25, 0.3) is 0 Å². The molecule has 1 aromatic rings. The Morgan fingerprint density at radius 1 is 1.50 bits per heavy atom. The van der Waals surface area contributed by atoms with E-state index in [1.807, 2.05) is 37.3 Å². The van der Waals surface area contributed by atoms with Gasteiger partial charge in [0.1, 0.15) is 6.61 Å². The normalized spacial score (nSPS) is 19.2. The highest BCUT2D eigenvalue weighted by atomic mass is 16.6.